The van der Waals surface area contributed by atoms with Crippen LogP contribution in [0.2, 0.25) is 0 Å². The van der Waals surface area contributed by atoms with Gasteiger partial charge in [0, 0.05) is 36.0 Å². The van der Waals surface area contributed by atoms with Gasteiger partial charge in [0.15, 0.2) is 0 Å². The lowest BCUT2D eigenvalue weighted by atomic mass is 10.1. The number of nitro groups is 1. The molecule has 28 heavy (non-hydrogen) atoms. The summed E-state index contributed by atoms with van der Waals surface area (Å²) in [7, 11) is 0. The Morgan fingerprint density at radius 2 is 2.04 bits per heavy atom. The minimum atomic E-state index is -0.400. The van der Waals surface area contributed by atoms with Crippen LogP contribution in [0.1, 0.15) is 36.8 Å². The molecule has 0 unspecified atom stereocenters. The minimum Gasteiger partial charge on any atom is -0.317 e. The van der Waals surface area contributed by atoms with Crippen LogP contribution in [0.3, 0.4) is 0 Å². The van der Waals surface area contributed by atoms with Crippen molar-refractivity contribution in [2.45, 2.75) is 42.7 Å². The molecular formula is C20H19N5O2S. The highest BCUT2D eigenvalue weighted by Crippen LogP contribution is 2.36. The van der Waals surface area contributed by atoms with E-state index in [2.05, 4.69) is 11.1 Å². The Hall–Kier alpha value is -3.18. The molecule has 7 nitrogen and oxygen atoms in total. The van der Waals surface area contributed by atoms with Gasteiger partial charge in [-0.25, -0.2) is 4.98 Å². The van der Waals surface area contributed by atoms with Crippen LogP contribution in [0.25, 0.3) is 0 Å². The number of pyridine rings is 1. The standard InChI is InChI=1S/C20H19N5O2S/c1-14(2)19-20(28-17-5-3-4-16(12-17)25(26)27)24(18(23-19)6-9-21)13-15-7-10-22-11-8-15/h3-5,7-8,10-12,14H,6,13H2,1-2H3. The van der Waals surface area contributed by atoms with Crippen LogP contribution in [-0.4, -0.2) is 19.5 Å². The van der Waals surface area contributed by atoms with E-state index >= 15 is 0 Å². The summed E-state index contributed by atoms with van der Waals surface area (Å²) in [5.41, 5.74) is 1.98. The Morgan fingerprint density at radius 3 is 2.68 bits per heavy atom. The third kappa shape index (κ3) is 4.38. The second kappa shape index (κ2) is 8.67. The molecule has 0 fully saturated rings. The van der Waals surface area contributed by atoms with Crippen LogP contribution in [0.5, 0.6) is 0 Å². The van der Waals surface area contributed by atoms with Crippen molar-refractivity contribution < 1.29 is 4.92 Å². The number of benzene rings is 1. The molecule has 0 spiro atoms. The molecule has 8 heteroatoms. The van der Waals surface area contributed by atoms with Crippen LogP contribution in [0.4, 0.5) is 5.69 Å². The zero-order valence-electron chi connectivity index (χ0n) is 15.6. The van der Waals surface area contributed by atoms with E-state index in [0.717, 1.165) is 21.2 Å². The number of non-ortho nitro benzene ring substituents is 1. The van der Waals surface area contributed by atoms with Gasteiger partial charge in [-0.1, -0.05) is 31.7 Å². The van der Waals surface area contributed by atoms with E-state index in [0.29, 0.717) is 12.4 Å². The fraction of sp³-hybridized carbons (Fsp3) is 0.250. The van der Waals surface area contributed by atoms with Crippen LogP contribution in [0.15, 0.2) is 58.7 Å². The number of hydrogen-bond donors (Lipinski definition) is 0. The summed E-state index contributed by atoms with van der Waals surface area (Å²) in [5.74, 6) is 0.841. The summed E-state index contributed by atoms with van der Waals surface area (Å²) in [4.78, 5) is 20.2. The van der Waals surface area contributed by atoms with Crippen molar-refractivity contribution in [3.8, 4) is 6.07 Å². The molecule has 1 aromatic carbocycles. The predicted octanol–water partition coefficient (Wildman–Crippen LogP) is 4.58. The molecule has 0 radical (unpaired) electrons. The van der Waals surface area contributed by atoms with Crippen molar-refractivity contribution in [2.75, 3.05) is 0 Å². The lowest BCUT2D eigenvalue weighted by molar-refractivity contribution is -0.385. The highest BCUT2D eigenvalue weighted by Gasteiger charge is 2.21. The third-order valence-electron chi connectivity index (χ3n) is 4.14. The Morgan fingerprint density at radius 1 is 1.29 bits per heavy atom. The molecule has 0 saturated carbocycles. The first-order valence-electron chi connectivity index (χ1n) is 8.77. The van der Waals surface area contributed by atoms with Gasteiger partial charge >= 0.3 is 0 Å². The zero-order valence-corrected chi connectivity index (χ0v) is 16.4. The number of imidazole rings is 1. The minimum absolute atomic E-state index is 0.0496. The molecule has 3 aromatic rings. The lowest BCUT2D eigenvalue weighted by Gasteiger charge is -2.13. The van der Waals surface area contributed by atoms with E-state index in [1.807, 2.05) is 36.6 Å². The van der Waals surface area contributed by atoms with Gasteiger partial charge in [-0.3, -0.25) is 15.1 Å². The molecule has 0 aliphatic heterocycles. The molecule has 0 aliphatic carbocycles. The number of aromatic nitrogens is 3. The van der Waals surface area contributed by atoms with Gasteiger partial charge in [-0.05, 0) is 29.7 Å². The fourth-order valence-electron chi connectivity index (χ4n) is 2.80. The third-order valence-corrected chi connectivity index (χ3v) is 5.25. The van der Waals surface area contributed by atoms with E-state index < -0.39 is 4.92 Å². The van der Waals surface area contributed by atoms with E-state index in [4.69, 9.17) is 4.98 Å². The molecule has 2 heterocycles. The quantitative estimate of drug-likeness (QED) is 0.431. The molecule has 0 amide bonds. The first-order valence-corrected chi connectivity index (χ1v) is 9.58. The molecular weight excluding hydrogens is 374 g/mol. The summed E-state index contributed by atoms with van der Waals surface area (Å²) < 4.78 is 2.03. The first kappa shape index (κ1) is 19.6. The maximum atomic E-state index is 11.1. The molecule has 0 N–H and O–H groups in total. The molecule has 3 rings (SSSR count). The predicted molar refractivity (Wildman–Crippen MR) is 106 cm³/mol. The lowest BCUT2D eigenvalue weighted by Crippen LogP contribution is -2.06. The van der Waals surface area contributed by atoms with Crippen LogP contribution in [0, 0.1) is 21.4 Å². The SMILES string of the molecule is CC(C)c1nc(CC#N)n(Cc2ccncc2)c1Sc1cccc([N+](=O)[O-])c1. The van der Waals surface area contributed by atoms with E-state index in [-0.39, 0.29) is 18.0 Å². The first-order chi connectivity index (χ1) is 13.5. The summed E-state index contributed by atoms with van der Waals surface area (Å²) in [6.07, 6.45) is 3.65. The average molecular weight is 393 g/mol. The van der Waals surface area contributed by atoms with Gasteiger partial charge in [0.25, 0.3) is 5.69 Å². The second-order valence-electron chi connectivity index (χ2n) is 6.51. The maximum absolute atomic E-state index is 11.1. The fourth-order valence-corrected chi connectivity index (χ4v) is 4.01. The van der Waals surface area contributed by atoms with Crippen LogP contribution < -0.4 is 0 Å². The second-order valence-corrected chi connectivity index (χ2v) is 7.57. The van der Waals surface area contributed by atoms with Crippen molar-refractivity contribution in [1.29, 1.82) is 5.26 Å². The smallest absolute Gasteiger partial charge is 0.270 e. The van der Waals surface area contributed by atoms with Gasteiger partial charge < -0.3 is 4.57 Å². The largest absolute Gasteiger partial charge is 0.317 e. The number of rotatable bonds is 7. The number of nitrogens with zero attached hydrogens (tertiary/aromatic N) is 5. The van der Waals surface area contributed by atoms with Crippen molar-refractivity contribution in [2.24, 2.45) is 0 Å². The Kier molecular flexibility index (Phi) is 6.06. The molecule has 2 aromatic heterocycles. The Labute approximate surface area is 167 Å². The average Bonchev–Trinajstić information content (AvgIpc) is 3.01. The van der Waals surface area contributed by atoms with Crippen molar-refractivity contribution in [3.63, 3.8) is 0 Å². The monoisotopic (exact) mass is 393 g/mol. The van der Waals surface area contributed by atoms with Crippen molar-refractivity contribution in [3.05, 3.63) is 76.0 Å². The van der Waals surface area contributed by atoms with Gasteiger partial charge in [-0.15, -0.1) is 0 Å². The summed E-state index contributed by atoms with van der Waals surface area (Å²) in [6.45, 7) is 4.65. The molecule has 0 aliphatic rings. The van der Waals surface area contributed by atoms with Crippen molar-refractivity contribution >= 4 is 17.4 Å². The molecule has 0 bridgehead atoms. The van der Waals surface area contributed by atoms with Gasteiger partial charge in [-0.2, -0.15) is 5.26 Å². The number of nitro benzene ring substituents is 1. The maximum Gasteiger partial charge on any atom is 0.270 e. The van der Waals surface area contributed by atoms with E-state index in [1.54, 1.807) is 24.5 Å². The zero-order chi connectivity index (χ0) is 20.1. The summed E-state index contributed by atoms with van der Waals surface area (Å²) in [5, 5.41) is 21.3. The van der Waals surface area contributed by atoms with Gasteiger partial charge in [0.2, 0.25) is 0 Å². The van der Waals surface area contributed by atoms with Crippen LogP contribution in [-0.2, 0) is 13.0 Å². The normalized spacial score (nSPS) is 10.8. The molecule has 0 saturated heterocycles. The number of nitriles is 1. The molecule has 0 atom stereocenters. The molecule has 142 valence electrons. The highest BCUT2D eigenvalue weighted by molar-refractivity contribution is 7.99. The van der Waals surface area contributed by atoms with Gasteiger partial charge in [0.1, 0.15) is 10.9 Å². The topological polar surface area (TPSA) is 97.6 Å². The summed E-state index contributed by atoms with van der Waals surface area (Å²) >= 11 is 1.44. The van der Waals surface area contributed by atoms with Crippen molar-refractivity contribution in [1.82, 2.24) is 14.5 Å². The van der Waals surface area contributed by atoms with Gasteiger partial charge in [0.05, 0.1) is 23.1 Å². The highest BCUT2D eigenvalue weighted by atomic mass is 32.2. The van der Waals surface area contributed by atoms with E-state index in [9.17, 15) is 15.4 Å². The Bertz CT molecular complexity index is 1020. The Balaban J connectivity index is 2.08. The summed E-state index contributed by atoms with van der Waals surface area (Å²) in [6, 6.07) is 12.6. The van der Waals surface area contributed by atoms with Crippen LogP contribution >= 0.6 is 11.8 Å². The van der Waals surface area contributed by atoms with E-state index in [1.165, 1.54) is 17.8 Å². The number of hydrogen-bond acceptors (Lipinski definition) is 6.